The summed E-state index contributed by atoms with van der Waals surface area (Å²) >= 11 is 0. The third-order valence-electron chi connectivity index (χ3n) is 3.51. The van der Waals surface area contributed by atoms with Crippen molar-refractivity contribution < 1.29 is 4.74 Å². The molecule has 1 fully saturated rings. The lowest BCUT2D eigenvalue weighted by Crippen LogP contribution is -2.40. The van der Waals surface area contributed by atoms with Gasteiger partial charge in [0, 0.05) is 32.2 Å². The lowest BCUT2D eigenvalue weighted by atomic mass is 10.0. The fourth-order valence-corrected chi connectivity index (χ4v) is 2.58. The van der Waals surface area contributed by atoms with Gasteiger partial charge in [-0.1, -0.05) is 24.3 Å². The largest absolute Gasteiger partial charge is 0.379 e. The van der Waals surface area contributed by atoms with Crippen molar-refractivity contribution >= 4 is 0 Å². The Kier molecular flexibility index (Phi) is 2.91. The van der Waals surface area contributed by atoms with Gasteiger partial charge in [0.25, 0.3) is 0 Å². The molecule has 3 rings (SSSR count). The molecule has 3 nitrogen and oxygen atoms in total. The number of fused-ring (bicyclic) bond motifs is 1. The van der Waals surface area contributed by atoms with E-state index in [0.717, 1.165) is 39.4 Å². The van der Waals surface area contributed by atoms with E-state index in [0.29, 0.717) is 6.04 Å². The molecule has 0 radical (unpaired) electrons. The Labute approximate surface area is 96.4 Å². The van der Waals surface area contributed by atoms with Crippen LogP contribution in [-0.4, -0.2) is 37.7 Å². The first-order valence-electron chi connectivity index (χ1n) is 6.05. The van der Waals surface area contributed by atoms with Gasteiger partial charge in [-0.3, -0.25) is 4.90 Å². The second-order valence-corrected chi connectivity index (χ2v) is 4.55. The molecule has 2 aliphatic rings. The first kappa shape index (κ1) is 10.3. The topological polar surface area (TPSA) is 24.5 Å². The molecule has 2 heterocycles. The Hall–Kier alpha value is -0.900. The first-order chi connectivity index (χ1) is 7.93. The molecule has 86 valence electrons. The fourth-order valence-electron chi connectivity index (χ4n) is 2.58. The molecule has 0 aromatic heterocycles. The van der Waals surface area contributed by atoms with E-state index in [1.54, 1.807) is 0 Å². The quantitative estimate of drug-likeness (QED) is 0.806. The maximum atomic E-state index is 5.37. The van der Waals surface area contributed by atoms with Crippen LogP contribution >= 0.6 is 0 Å². The van der Waals surface area contributed by atoms with Gasteiger partial charge < -0.3 is 10.1 Å². The average molecular weight is 218 g/mol. The van der Waals surface area contributed by atoms with E-state index in [1.165, 1.54) is 11.1 Å². The summed E-state index contributed by atoms with van der Waals surface area (Å²) in [4.78, 5) is 2.49. The van der Waals surface area contributed by atoms with Gasteiger partial charge in [-0.2, -0.15) is 0 Å². The molecular formula is C13H18N2O. The molecule has 0 aliphatic carbocycles. The van der Waals surface area contributed by atoms with Crippen LogP contribution < -0.4 is 5.32 Å². The molecule has 1 aromatic rings. The first-order valence-corrected chi connectivity index (χ1v) is 6.05. The van der Waals surface area contributed by atoms with E-state index >= 15 is 0 Å². The number of benzene rings is 1. The summed E-state index contributed by atoms with van der Waals surface area (Å²) in [5, 5.41) is 3.59. The molecule has 1 aromatic carbocycles. The summed E-state index contributed by atoms with van der Waals surface area (Å²) in [6.45, 7) is 6.04. The summed E-state index contributed by atoms with van der Waals surface area (Å²) in [7, 11) is 0. The van der Waals surface area contributed by atoms with Crippen LogP contribution in [0.2, 0.25) is 0 Å². The summed E-state index contributed by atoms with van der Waals surface area (Å²) in [6.07, 6.45) is 0. The Bertz CT molecular complexity index is 361. The predicted octanol–water partition coefficient (Wildman–Crippen LogP) is 1.16. The zero-order valence-corrected chi connectivity index (χ0v) is 9.48. The predicted molar refractivity (Wildman–Crippen MR) is 63.3 cm³/mol. The van der Waals surface area contributed by atoms with Crippen LogP contribution in [0.4, 0.5) is 0 Å². The van der Waals surface area contributed by atoms with Gasteiger partial charge in [-0.05, 0) is 11.1 Å². The lowest BCUT2D eigenvalue weighted by Gasteiger charge is -2.29. The zero-order valence-electron chi connectivity index (χ0n) is 9.48. The molecule has 0 amide bonds. The molecule has 0 bridgehead atoms. The van der Waals surface area contributed by atoms with E-state index in [2.05, 4.69) is 34.5 Å². The second kappa shape index (κ2) is 4.53. The van der Waals surface area contributed by atoms with Gasteiger partial charge in [0.15, 0.2) is 0 Å². The van der Waals surface area contributed by atoms with Crippen molar-refractivity contribution in [2.24, 2.45) is 0 Å². The zero-order chi connectivity index (χ0) is 10.8. The van der Waals surface area contributed by atoms with Crippen LogP contribution in [0.1, 0.15) is 17.2 Å². The van der Waals surface area contributed by atoms with Crippen LogP contribution in [0.5, 0.6) is 0 Å². The van der Waals surface area contributed by atoms with Crippen LogP contribution in [0, 0.1) is 0 Å². The number of hydrogen-bond donors (Lipinski definition) is 1. The van der Waals surface area contributed by atoms with Gasteiger partial charge in [-0.25, -0.2) is 0 Å². The molecule has 3 heteroatoms. The van der Waals surface area contributed by atoms with Crippen molar-refractivity contribution in [1.82, 2.24) is 10.2 Å². The monoisotopic (exact) mass is 218 g/mol. The summed E-state index contributed by atoms with van der Waals surface area (Å²) in [6, 6.07) is 9.24. The van der Waals surface area contributed by atoms with Crippen molar-refractivity contribution in [1.29, 1.82) is 0 Å². The van der Waals surface area contributed by atoms with Gasteiger partial charge in [0.05, 0.1) is 13.2 Å². The highest BCUT2D eigenvalue weighted by atomic mass is 16.5. The normalized spacial score (nSPS) is 25.6. The number of ether oxygens (including phenoxy) is 1. The summed E-state index contributed by atoms with van der Waals surface area (Å²) < 4.78 is 5.37. The minimum Gasteiger partial charge on any atom is -0.379 e. The van der Waals surface area contributed by atoms with Crippen LogP contribution in [0.25, 0.3) is 0 Å². The minimum absolute atomic E-state index is 0.509. The standard InChI is InChI=1S/C13H18N2O/c1-2-4-12-11(3-1)9-14-13(12)10-15-5-7-16-8-6-15/h1-4,13-14H,5-10H2. The SMILES string of the molecule is c1ccc2c(c1)CNC2CN1CCOCC1. The number of nitrogens with zero attached hydrogens (tertiary/aromatic N) is 1. The number of rotatable bonds is 2. The molecule has 1 unspecified atom stereocenters. The van der Waals surface area contributed by atoms with E-state index in [-0.39, 0.29) is 0 Å². The Balaban J connectivity index is 1.68. The Morgan fingerprint density at radius 2 is 2.06 bits per heavy atom. The second-order valence-electron chi connectivity index (χ2n) is 4.55. The molecule has 1 saturated heterocycles. The van der Waals surface area contributed by atoms with E-state index in [9.17, 15) is 0 Å². The van der Waals surface area contributed by atoms with Gasteiger partial charge >= 0.3 is 0 Å². The van der Waals surface area contributed by atoms with Crippen LogP contribution in [0.3, 0.4) is 0 Å². The van der Waals surface area contributed by atoms with Crippen molar-refractivity contribution in [3.8, 4) is 0 Å². The van der Waals surface area contributed by atoms with Crippen molar-refractivity contribution in [2.45, 2.75) is 12.6 Å². The lowest BCUT2D eigenvalue weighted by molar-refractivity contribution is 0.0339. The van der Waals surface area contributed by atoms with E-state index < -0.39 is 0 Å². The van der Waals surface area contributed by atoms with E-state index in [4.69, 9.17) is 4.74 Å². The molecular weight excluding hydrogens is 200 g/mol. The van der Waals surface area contributed by atoms with Gasteiger partial charge in [-0.15, -0.1) is 0 Å². The van der Waals surface area contributed by atoms with Crippen LogP contribution in [-0.2, 0) is 11.3 Å². The highest BCUT2D eigenvalue weighted by Gasteiger charge is 2.23. The molecule has 16 heavy (non-hydrogen) atoms. The van der Waals surface area contributed by atoms with Gasteiger partial charge in [0.2, 0.25) is 0 Å². The van der Waals surface area contributed by atoms with Gasteiger partial charge in [0.1, 0.15) is 0 Å². The minimum atomic E-state index is 0.509. The fraction of sp³-hybridized carbons (Fsp3) is 0.538. The summed E-state index contributed by atoms with van der Waals surface area (Å²) in [5.74, 6) is 0. The third kappa shape index (κ3) is 1.98. The summed E-state index contributed by atoms with van der Waals surface area (Å²) in [5.41, 5.74) is 2.94. The van der Waals surface area contributed by atoms with Crippen LogP contribution in [0.15, 0.2) is 24.3 Å². The Morgan fingerprint density at radius 1 is 1.25 bits per heavy atom. The molecule has 2 aliphatic heterocycles. The number of nitrogens with one attached hydrogen (secondary N) is 1. The molecule has 0 spiro atoms. The van der Waals surface area contributed by atoms with Crippen molar-refractivity contribution in [3.05, 3.63) is 35.4 Å². The molecule has 1 N–H and O–H groups in total. The third-order valence-corrected chi connectivity index (χ3v) is 3.51. The molecule has 1 atom stereocenters. The van der Waals surface area contributed by atoms with Crippen molar-refractivity contribution in [3.63, 3.8) is 0 Å². The Morgan fingerprint density at radius 3 is 2.94 bits per heavy atom. The highest BCUT2D eigenvalue weighted by molar-refractivity contribution is 5.33. The van der Waals surface area contributed by atoms with E-state index in [1.807, 2.05) is 0 Å². The molecule has 0 saturated carbocycles. The average Bonchev–Trinajstić information content (AvgIpc) is 2.74. The number of morpholine rings is 1. The maximum absolute atomic E-state index is 5.37. The highest BCUT2D eigenvalue weighted by Crippen LogP contribution is 2.25. The maximum Gasteiger partial charge on any atom is 0.0594 e. The number of hydrogen-bond acceptors (Lipinski definition) is 3. The smallest absolute Gasteiger partial charge is 0.0594 e. The van der Waals surface area contributed by atoms with Crippen molar-refractivity contribution in [2.75, 3.05) is 32.8 Å².